The Morgan fingerprint density at radius 2 is 1.68 bits per heavy atom. The average molecular weight is 459 g/mol. The van der Waals surface area contributed by atoms with Crippen LogP contribution in [0.25, 0.3) is 0 Å². The zero-order valence-corrected chi connectivity index (χ0v) is 18.5. The van der Waals surface area contributed by atoms with Crippen molar-refractivity contribution >= 4 is 44.4 Å². The fraction of sp³-hybridized carbons (Fsp3) is 0.182. The van der Waals surface area contributed by atoms with E-state index in [2.05, 4.69) is 10.6 Å². The topological polar surface area (TPSA) is 102 Å². The van der Waals surface area contributed by atoms with Gasteiger partial charge in [0.25, 0.3) is 5.91 Å². The van der Waals surface area contributed by atoms with Crippen molar-refractivity contribution in [1.29, 1.82) is 0 Å². The minimum absolute atomic E-state index is 0.169. The normalized spacial score (nSPS) is 11.0. The zero-order chi connectivity index (χ0) is 22.3. The molecule has 0 spiro atoms. The summed E-state index contributed by atoms with van der Waals surface area (Å²) in [4.78, 5) is 25.2. The summed E-state index contributed by atoms with van der Waals surface area (Å²) in [7, 11) is -3.24. The Balaban J connectivity index is 1.43. The maximum Gasteiger partial charge on any atom is 0.265 e. The number of carbonyl (C=O) groups is 2. The van der Waals surface area contributed by atoms with Crippen molar-refractivity contribution in [3.63, 3.8) is 0 Å². The van der Waals surface area contributed by atoms with E-state index in [9.17, 15) is 18.0 Å². The van der Waals surface area contributed by atoms with E-state index in [1.165, 1.54) is 23.5 Å². The van der Waals surface area contributed by atoms with E-state index in [0.29, 0.717) is 35.0 Å². The minimum atomic E-state index is -3.24. The molecule has 0 aliphatic rings. The Morgan fingerprint density at radius 1 is 0.968 bits per heavy atom. The Morgan fingerprint density at radius 3 is 2.32 bits per heavy atom. The standard InChI is InChI=1S/C22H22N2O5S2/c1-31(27,28)19-11-9-18(10-12-19)29-13-3-8-21(25)23-16-5-2-6-17(15-16)24-22(26)20-7-4-14-30-20/h2,4-7,9-12,14-15H,3,8,13H2,1H3,(H,23,25)(H,24,26). The molecule has 0 aliphatic heterocycles. The van der Waals surface area contributed by atoms with E-state index in [1.54, 1.807) is 42.5 Å². The fourth-order valence-corrected chi connectivity index (χ4v) is 3.95. The maximum absolute atomic E-state index is 12.2. The molecule has 0 aliphatic carbocycles. The first-order valence-corrected chi connectivity index (χ1v) is 12.3. The first-order valence-electron chi connectivity index (χ1n) is 9.49. The van der Waals surface area contributed by atoms with Gasteiger partial charge in [-0.2, -0.15) is 0 Å². The Bertz CT molecular complexity index is 1140. The molecule has 3 aromatic rings. The number of ether oxygens (including phenoxy) is 1. The largest absolute Gasteiger partial charge is 0.494 e. The van der Waals surface area contributed by atoms with Crippen molar-refractivity contribution in [2.24, 2.45) is 0 Å². The van der Waals surface area contributed by atoms with Crippen LogP contribution in [-0.2, 0) is 14.6 Å². The Hall–Kier alpha value is -3.17. The predicted molar refractivity (Wildman–Crippen MR) is 122 cm³/mol. The molecule has 0 saturated heterocycles. The smallest absolute Gasteiger partial charge is 0.265 e. The van der Waals surface area contributed by atoms with Crippen molar-refractivity contribution in [3.8, 4) is 5.75 Å². The van der Waals surface area contributed by atoms with Crippen LogP contribution in [0.5, 0.6) is 5.75 Å². The zero-order valence-electron chi connectivity index (χ0n) is 16.8. The van der Waals surface area contributed by atoms with Gasteiger partial charge < -0.3 is 15.4 Å². The number of anilines is 2. The van der Waals surface area contributed by atoms with Crippen LogP contribution < -0.4 is 15.4 Å². The number of carbonyl (C=O) groups excluding carboxylic acids is 2. The molecule has 1 heterocycles. The van der Waals surface area contributed by atoms with Crippen molar-refractivity contribution in [2.75, 3.05) is 23.5 Å². The molecule has 2 aromatic carbocycles. The lowest BCUT2D eigenvalue weighted by Crippen LogP contribution is -2.14. The third kappa shape index (κ3) is 6.94. The molecule has 0 saturated carbocycles. The second kappa shape index (κ2) is 10.2. The lowest BCUT2D eigenvalue weighted by molar-refractivity contribution is -0.116. The van der Waals surface area contributed by atoms with Crippen LogP contribution in [-0.4, -0.2) is 33.1 Å². The molecule has 7 nitrogen and oxygen atoms in total. The molecule has 0 bridgehead atoms. The van der Waals surface area contributed by atoms with Gasteiger partial charge >= 0.3 is 0 Å². The SMILES string of the molecule is CS(=O)(=O)c1ccc(OCCCC(=O)Nc2cccc(NC(=O)c3cccs3)c2)cc1. The van der Waals surface area contributed by atoms with Crippen LogP contribution in [0, 0.1) is 0 Å². The number of rotatable bonds is 9. The van der Waals surface area contributed by atoms with Crippen molar-refractivity contribution in [1.82, 2.24) is 0 Å². The number of sulfone groups is 1. The summed E-state index contributed by atoms with van der Waals surface area (Å²) in [6, 6.07) is 16.7. The number of hydrogen-bond acceptors (Lipinski definition) is 6. The number of hydrogen-bond donors (Lipinski definition) is 2. The molecule has 2 amide bonds. The van der Waals surface area contributed by atoms with Gasteiger partial charge in [-0.3, -0.25) is 9.59 Å². The molecule has 9 heteroatoms. The summed E-state index contributed by atoms with van der Waals surface area (Å²) in [6.45, 7) is 0.322. The van der Waals surface area contributed by atoms with Gasteiger partial charge in [-0.1, -0.05) is 12.1 Å². The van der Waals surface area contributed by atoms with Crippen molar-refractivity contribution in [2.45, 2.75) is 17.7 Å². The second-order valence-corrected chi connectivity index (χ2v) is 9.72. The molecule has 0 radical (unpaired) electrons. The highest BCUT2D eigenvalue weighted by Crippen LogP contribution is 2.19. The van der Waals surface area contributed by atoms with Crippen LogP contribution >= 0.6 is 11.3 Å². The van der Waals surface area contributed by atoms with E-state index in [4.69, 9.17) is 4.74 Å². The highest BCUT2D eigenvalue weighted by Gasteiger charge is 2.09. The maximum atomic E-state index is 12.2. The molecule has 0 unspecified atom stereocenters. The molecule has 2 N–H and O–H groups in total. The summed E-state index contributed by atoms with van der Waals surface area (Å²) in [6.07, 6.45) is 1.90. The van der Waals surface area contributed by atoms with E-state index in [-0.39, 0.29) is 23.1 Å². The predicted octanol–water partition coefficient (Wildman–Crippen LogP) is 4.20. The monoisotopic (exact) mass is 458 g/mol. The number of thiophene rings is 1. The van der Waals surface area contributed by atoms with Crippen LogP contribution in [0.3, 0.4) is 0 Å². The van der Waals surface area contributed by atoms with Gasteiger partial charge in [0.05, 0.1) is 16.4 Å². The molecule has 0 atom stereocenters. The Labute approximate surface area is 185 Å². The summed E-state index contributed by atoms with van der Waals surface area (Å²) >= 11 is 1.36. The highest BCUT2D eigenvalue weighted by atomic mass is 32.2. The number of benzene rings is 2. The van der Waals surface area contributed by atoms with Crippen molar-refractivity contribution in [3.05, 3.63) is 70.9 Å². The number of nitrogens with one attached hydrogen (secondary N) is 2. The van der Waals surface area contributed by atoms with Crippen molar-refractivity contribution < 1.29 is 22.7 Å². The van der Waals surface area contributed by atoms with Crippen LogP contribution in [0.1, 0.15) is 22.5 Å². The van der Waals surface area contributed by atoms with Gasteiger partial charge in [-0.25, -0.2) is 8.42 Å². The first kappa shape index (κ1) is 22.5. The third-order valence-corrected chi connectivity index (χ3v) is 6.22. The highest BCUT2D eigenvalue weighted by molar-refractivity contribution is 7.90. The molecule has 0 fully saturated rings. The van der Waals surface area contributed by atoms with Gasteiger partial charge in [0.1, 0.15) is 5.75 Å². The van der Waals surface area contributed by atoms with E-state index < -0.39 is 9.84 Å². The third-order valence-electron chi connectivity index (χ3n) is 4.22. The molecule has 31 heavy (non-hydrogen) atoms. The molecular formula is C22H22N2O5S2. The van der Waals surface area contributed by atoms with E-state index >= 15 is 0 Å². The van der Waals surface area contributed by atoms with Crippen LogP contribution in [0.4, 0.5) is 11.4 Å². The Kier molecular flexibility index (Phi) is 7.43. The lowest BCUT2D eigenvalue weighted by atomic mass is 10.2. The second-order valence-electron chi connectivity index (χ2n) is 6.76. The van der Waals surface area contributed by atoms with Gasteiger partial charge in [0.2, 0.25) is 5.91 Å². The summed E-state index contributed by atoms with van der Waals surface area (Å²) in [5.74, 6) is 0.181. The van der Waals surface area contributed by atoms with Gasteiger partial charge in [-0.05, 0) is 60.3 Å². The lowest BCUT2D eigenvalue weighted by Gasteiger charge is -2.09. The molecule has 3 rings (SSSR count). The van der Waals surface area contributed by atoms with Gasteiger partial charge in [0.15, 0.2) is 9.84 Å². The average Bonchev–Trinajstić information content (AvgIpc) is 3.26. The van der Waals surface area contributed by atoms with E-state index in [0.717, 1.165) is 6.26 Å². The summed E-state index contributed by atoms with van der Waals surface area (Å²) in [5, 5.41) is 7.44. The molecule has 162 valence electrons. The van der Waals surface area contributed by atoms with Gasteiger partial charge in [-0.15, -0.1) is 11.3 Å². The van der Waals surface area contributed by atoms with Crippen LogP contribution in [0.15, 0.2) is 70.9 Å². The molecule has 1 aromatic heterocycles. The molecular weight excluding hydrogens is 436 g/mol. The van der Waals surface area contributed by atoms with Crippen LogP contribution in [0.2, 0.25) is 0 Å². The number of amides is 2. The summed E-state index contributed by atoms with van der Waals surface area (Å²) < 4.78 is 28.5. The summed E-state index contributed by atoms with van der Waals surface area (Å²) in [5.41, 5.74) is 1.18. The van der Waals surface area contributed by atoms with E-state index in [1.807, 2.05) is 11.4 Å². The quantitative estimate of drug-likeness (QED) is 0.468. The van der Waals surface area contributed by atoms with Gasteiger partial charge in [0, 0.05) is 24.1 Å². The first-order chi connectivity index (χ1) is 14.8. The minimum Gasteiger partial charge on any atom is -0.494 e. The fourth-order valence-electron chi connectivity index (χ4n) is 2.70.